The van der Waals surface area contributed by atoms with Gasteiger partial charge in [-0.3, -0.25) is 4.79 Å². The number of halogens is 3. The Kier molecular flexibility index (Phi) is 7.02. The zero-order chi connectivity index (χ0) is 23.5. The first-order valence-electron chi connectivity index (χ1n) is 10.5. The summed E-state index contributed by atoms with van der Waals surface area (Å²) < 4.78 is 40.3. The molecule has 10 heteroatoms. The van der Waals surface area contributed by atoms with Gasteiger partial charge in [0.2, 0.25) is 0 Å². The lowest BCUT2D eigenvalue weighted by molar-refractivity contribution is -0.167. The van der Waals surface area contributed by atoms with Crippen LogP contribution in [0.2, 0.25) is 0 Å². The summed E-state index contributed by atoms with van der Waals surface area (Å²) in [6.07, 6.45) is 0.00647. The van der Waals surface area contributed by atoms with E-state index in [1.165, 1.54) is 6.07 Å². The SMILES string of the molecule is CN(C)CCn1nnnc1Cc1ccc(NC(=O)C(F)(F)F)c(C2=CCC(C)(C)CC2)c1. The van der Waals surface area contributed by atoms with E-state index in [2.05, 4.69) is 35.4 Å². The van der Waals surface area contributed by atoms with E-state index in [-0.39, 0.29) is 11.1 Å². The van der Waals surface area contributed by atoms with Crippen molar-refractivity contribution in [2.24, 2.45) is 5.41 Å². The van der Waals surface area contributed by atoms with Crippen LogP contribution in [0.15, 0.2) is 24.3 Å². The molecule has 32 heavy (non-hydrogen) atoms. The first-order valence-corrected chi connectivity index (χ1v) is 10.5. The average molecular weight is 451 g/mol. The van der Waals surface area contributed by atoms with Crippen molar-refractivity contribution in [1.82, 2.24) is 25.1 Å². The second-order valence-electron chi connectivity index (χ2n) is 9.23. The van der Waals surface area contributed by atoms with Crippen molar-refractivity contribution < 1.29 is 18.0 Å². The number of tetrazole rings is 1. The number of hydrogen-bond donors (Lipinski definition) is 1. The number of amides is 1. The van der Waals surface area contributed by atoms with E-state index < -0.39 is 12.1 Å². The van der Waals surface area contributed by atoms with Crippen molar-refractivity contribution in [3.05, 3.63) is 41.2 Å². The van der Waals surface area contributed by atoms with Crippen LogP contribution in [-0.2, 0) is 17.8 Å². The molecule has 1 N–H and O–H groups in total. The molecule has 0 saturated carbocycles. The number of nitrogens with one attached hydrogen (secondary N) is 1. The third-order valence-corrected chi connectivity index (χ3v) is 5.64. The molecule has 1 aromatic carbocycles. The number of carbonyl (C=O) groups is 1. The molecule has 0 radical (unpaired) electrons. The maximum Gasteiger partial charge on any atom is 0.471 e. The highest BCUT2D eigenvalue weighted by Crippen LogP contribution is 2.40. The summed E-state index contributed by atoms with van der Waals surface area (Å²) in [5.41, 5.74) is 2.72. The van der Waals surface area contributed by atoms with Gasteiger partial charge in [0.05, 0.1) is 6.54 Å². The van der Waals surface area contributed by atoms with Crippen LogP contribution in [0, 0.1) is 5.41 Å². The monoisotopic (exact) mass is 450 g/mol. The lowest BCUT2D eigenvalue weighted by atomic mass is 9.76. The molecule has 1 aliphatic rings. The van der Waals surface area contributed by atoms with Crippen molar-refractivity contribution in [3.63, 3.8) is 0 Å². The first kappa shape index (κ1) is 23.9. The van der Waals surface area contributed by atoms with Gasteiger partial charge in [0.25, 0.3) is 0 Å². The topological polar surface area (TPSA) is 75.9 Å². The van der Waals surface area contributed by atoms with E-state index in [4.69, 9.17) is 0 Å². The maximum absolute atomic E-state index is 12.9. The Balaban J connectivity index is 1.91. The lowest BCUT2D eigenvalue weighted by Crippen LogP contribution is -2.30. The minimum Gasteiger partial charge on any atom is -0.318 e. The van der Waals surface area contributed by atoms with Gasteiger partial charge in [0.1, 0.15) is 0 Å². The van der Waals surface area contributed by atoms with Crippen molar-refractivity contribution >= 4 is 17.2 Å². The highest BCUT2D eigenvalue weighted by molar-refractivity contribution is 5.97. The molecule has 1 heterocycles. The second kappa shape index (κ2) is 9.40. The Hall–Kier alpha value is -2.75. The Morgan fingerprint density at radius 3 is 2.66 bits per heavy atom. The molecule has 1 aromatic heterocycles. The number of hydrogen-bond acceptors (Lipinski definition) is 5. The Morgan fingerprint density at radius 1 is 1.28 bits per heavy atom. The summed E-state index contributed by atoms with van der Waals surface area (Å²) in [6.45, 7) is 5.73. The molecule has 0 bridgehead atoms. The smallest absolute Gasteiger partial charge is 0.318 e. The molecule has 1 aliphatic carbocycles. The van der Waals surface area contributed by atoms with Gasteiger partial charge in [-0.25, -0.2) is 4.68 Å². The fourth-order valence-corrected chi connectivity index (χ4v) is 3.59. The van der Waals surface area contributed by atoms with Gasteiger partial charge in [0.15, 0.2) is 5.82 Å². The van der Waals surface area contributed by atoms with Crippen LogP contribution in [0.1, 0.15) is 50.1 Å². The van der Waals surface area contributed by atoms with Gasteiger partial charge in [-0.2, -0.15) is 13.2 Å². The molecule has 0 aliphatic heterocycles. The zero-order valence-electron chi connectivity index (χ0n) is 18.8. The standard InChI is InChI=1S/C22H29F3N6O/c1-21(2)9-7-16(8-10-21)17-13-15(5-6-18(17)26-20(32)22(23,24)25)14-19-27-28-29-31(19)12-11-30(3)4/h5-7,13H,8-12,14H2,1-4H3,(H,26,32). The molecular weight excluding hydrogens is 421 g/mol. The zero-order valence-corrected chi connectivity index (χ0v) is 18.8. The molecule has 0 unspecified atom stereocenters. The largest absolute Gasteiger partial charge is 0.471 e. The summed E-state index contributed by atoms with van der Waals surface area (Å²) in [7, 11) is 3.92. The number of carbonyl (C=O) groups excluding carboxylic acids is 1. The number of anilines is 1. The molecule has 0 spiro atoms. The van der Waals surface area contributed by atoms with Gasteiger partial charge in [-0.1, -0.05) is 26.0 Å². The van der Waals surface area contributed by atoms with Crippen LogP contribution < -0.4 is 5.32 Å². The molecular formula is C22H29F3N6O. The van der Waals surface area contributed by atoms with Crippen molar-refractivity contribution in [2.45, 2.75) is 52.3 Å². The van der Waals surface area contributed by atoms with Gasteiger partial charge in [-0.05, 0) is 72.5 Å². The molecule has 7 nitrogen and oxygen atoms in total. The highest BCUT2D eigenvalue weighted by Gasteiger charge is 2.39. The van der Waals surface area contributed by atoms with E-state index in [0.29, 0.717) is 24.4 Å². The van der Waals surface area contributed by atoms with Gasteiger partial charge in [-0.15, -0.1) is 5.10 Å². The van der Waals surface area contributed by atoms with Crippen LogP contribution in [0.5, 0.6) is 0 Å². The lowest BCUT2D eigenvalue weighted by Gasteiger charge is -2.29. The fraction of sp³-hybridized carbons (Fsp3) is 0.545. The highest BCUT2D eigenvalue weighted by atomic mass is 19.4. The van der Waals surface area contributed by atoms with Gasteiger partial charge in [0, 0.05) is 24.2 Å². The number of likely N-dealkylation sites (N-methyl/N-ethyl adjacent to an activating group) is 1. The maximum atomic E-state index is 12.9. The molecule has 3 rings (SSSR count). The van der Waals surface area contributed by atoms with Crippen molar-refractivity contribution in [1.29, 1.82) is 0 Å². The van der Waals surface area contributed by atoms with E-state index in [1.54, 1.807) is 10.7 Å². The molecule has 174 valence electrons. The minimum atomic E-state index is -4.95. The second-order valence-corrected chi connectivity index (χ2v) is 9.23. The van der Waals surface area contributed by atoms with E-state index in [1.807, 2.05) is 30.4 Å². The van der Waals surface area contributed by atoms with Crippen molar-refractivity contribution in [2.75, 3.05) is 26.0 Å². The quantitative estimate of drug-likeness (QED) is 0.692. The van der Waals surface area contributed by atoms with Crippen LogP contribution in [-0.4, -0.2) is 57.8 Å². The Labute approximate surface area is 185 Å². The Bertz CT molecular complexity index is 994. The van der Waals surface area contributed by atoms with Crippen LogP contribution in [0.4, 0.5) is 18.9 Å². The number of allylic oxidation sites excluding steroid dienone is 2. The van der Waals surface area contributed by atoms with Crippen LogP contribution in [0.25, 0.3) is 5.57 Å². The summed E-state index contributed by atoms with van der Waals surface area (Å²) >= 11 is 0. The molecule has 0 fully saturated rings. The molecule has 0 atom stereocenters. The summed E-state index contributed by atoms with van der Waals surface area (Å²) in [6, 6.07) is 5.07. The summed E-state index contributed by atoms with van der Waals surface area (Å²) in [5.74, 6) is -1.31. The number of alkyl halides is 3. The third-order valence-electron chi connectivity index (χ3n) is 5.64. The van der Waals surface area contributed by atoms with E-state index >= 15 is 0 Å². The number of benzene rings is 1. The minimum absolute atomic E-state index is 0.144. The predicted octanol–water partition coefficient (Wildman–Crippen LogP) is 3.92. The molecule has 2 aromatic rings. The van der Waals surface area contributed by atoms with Crippen LogP contribution in [0.3, 0.4) is 0 Å². The summed E-state index contributed by atoms with van der Waals surface area (Å²) in [4.78, 5) is 13.6. The number of aromatic nitrogens is 4. The summed E-state index contributed by atoms with van der Waals surface area (Å²) in [5, 5.41) is 13.9. The van der Waals surface area contributed by atoms with E-state index in [9.17, 15) is 18.0 Å². The first-order chi connectivity index (χ1) is 14.9. The van der Waals surface area contributed by atoms with Crippen LogP contribution >= 0.6 is 0 Å². The molecule has 1 amide bonds. The normalized spacial score (nSPS) is 16.2. The van der Waals surface area contributed by atoms with Gasteiger partial charge < -0.3 is 10.2 Å². The van der Waals surface area contributed by atoms with Gasteiger partial charge >= 0.3 is 12.1 Å². The third kappa shape index (κ3) is 6.15. The average Bonchev–Trinajstić information content (AvgIpc) is 3.14. The Morgan fingerprint density at radius 2 is 2.03 bits per heavy atom. The van der Waals surface area contributed by atoms with E-state index in [0.717, 1.165) is 36.9 Å². The molecule has 0 saturated heterocycles. The predicted molar refractivity (Wildman–Crippen MR) is 116 cm³/mol. The number of nitrogens with zero attached hydrogens (tertiary/aromatic N) is 5. The number of rotatable bonds is 7. The fourth-order valence-electron chi connectivity index (χ4n) is 3.59. The van der Waals surface area contributed by atoms with Crippen molar-refractivity contribution in [3.8, 4) is 0 Å².